The minimum atomic E-state index is -2.27. The second-order valence-electron chi connectivity index (χ2n) is 9.76. The van der Waals surface area contributed by atoms with E-state index in [0.717, 1.165) is 55.0 Å². The quantitative estimate of drug-likeness (QED) is 0.196. The van der Waals surface area contributed by atoms with Crippen LogP contribution >= 0.6 is 22.9 Å². The molecule has 0 radical (unpaired) electrons. The second-order valence-corrected chi connectivity index (χ2v) is 11.0. The van der Waals surface area contributed by atoms with E-state index < -0.39 is 6.85 Å². The number of para-hydroxylation sites is 3. The topological polar surface area (TPSA) is 6.48 Å². The van der Waals surface area contributed by atoms with Crippen LogP contribution in [0.1, 0.15) is 9.68 Å². The average molecular weight is 570 g/mol. The number of fused-ring (bicyclic) bond motifs is 3. The SMILES string of the molecule is [2H]C([2H])([2H])c1cc2c(N(c3ccccc3)c3cccc(N(c4ccccc4)c4ccccc4)c3Cl)csc2c2ccccc12. The van der Waals surface area contributed by atoms with Crippen molar-refractivity contribution in [1.82, 2.24) is 0 Å². The maximum Gasteiger partial charge on any atom is 0.0887 e. The molecule has 0 unspecified atom stereocenters. The number of nitrogens with zero attached hydrogens (tertiary/aromatic N) is 2. The van der Waals surface area contributed by atoms with E-state index in [1.54, 1.807) is 11.3 Å². The van der Waals surface area contributed by atoms with Gasteiger partial charge in [-0.3, -0.25) is 0 Å². The Morgan fingerprint density at radius 3 is 1.63 bits per heavy atom. The van der Waals surface area contributed by atoms with E-state index in [1.165, 1.54) is 0 Å². The van der Waals surface area contributed by atoms with Gasteiger partial charge in [-0.2, -0.15) is 0 Å². The maximum atomic E-state index is 8.36. The number of hydrogen-bond acceptors (Lipinski definition) is 3. The van der Waals surface area contributed by atoms with Gasteiger partial charge in [0.05, 0.1) is 22.1 Å². The molecule has 0 atom stereocenters. The van der Waals surface area contributed by atoms with Crippen molar-refractivity contribution < 1.29 is 4.11 Å². The molecule has 7 rings (SSSR count). The Labute approximate surface area is 253 Å². The van der Waals surface area contributed by atoms with Crippen molar-refractivity contribution in [3.05, 3.63) is 155 Å². The first-order valence-corrected chi connectivity index (χ1v) is 14.6. The highest BCUT2D eigenvalue weighted by Gasteiger charge is 2.24. The molecule has 2 nitrogen and oxygen atoms in total. The van der Waals surface area contributed by atoms with Crippen LogP contribution in [0.4, 0.5) is 34.1 Å². The zero-order valence-corrected chi connectivity index (χ0v) is 23.6. The van der Waals surface area contributed by atoms with Gasteiger partial charge in [-0.25, -0.2) is 0 Å². The van der Waals surface area contributed by atoms with E-state index in [9.17, 15) is 0 Å². The number of halogens is 1. The minimum Gasteiger partial charge on any atom is -0.309 e. The van der Waals surface area contributed by atoms with Crippen molar-refractivity contribution in [1.29, 1.82) is 0 Å². The van der Waals surface area contributed by atoms with Crippen LogP contribution in [-0.2, 0) is 0 Å². The van der Waals surface area contributed by atoms with Crippen molar-refractivity contribution in [3.63, 3.8) is 0 Å². The molecule has 0 spiro atoms. The number of anilines is 6. The molecule has 0 aliphatic heterocycles. The average Bonchev–Trinajstić information content (AvgIpc) is 3.47. The molecule has 0 amide bonds. The van der Waals surface area contributed by atoms with E-state index in [0.29, 0.717) is 10.6 Å². The molecule has 7 aromatic rings. The minimum absolute atomic E-state index is 0.340. The van der Waals surface area contributed by atoms with Gasteiger partial charge < -0.3 is 9.80 Å². The summed E-state index contributed by atoms with van der Waals surface area (Å²) in [5.74, 6) is 0. The number of benzene rings is 6. The maximum absolute atomic E-state index is 8.36. The summed E-state index contributed by atoms with van der Waals surface area (Å²) in [6.07, 6.45) is 0. The van der Waals surface area contributed by atoms with E-state index in [4.69, 9.17) is 15.7 Å². The Morgan fingerprint density at radius 1 is 0.537 bits per heavy atom. The van der Waals surface area contributed by atoms with Gasteiger partial charge in [0.15, 0.2) is 0 Å². The molecule has 0 saturated carbocycles. The smallest absolute Gasteiger partial charge is 0.0887 e. The van der Waals surface area contributed by atoms with Crippen LogP contribution in [0.15, 0.2) is 145 Å². The largest absolute Gasteiger partial charge is 0.309 e. The first-order chi connectivity index (χ1) is 21.4. The summed E-state index contributed by atoms with van der Waals surface area (Å²) in [7, 11) is 0. The third-order valence-corrected chi connectivity index (χ3v) is 8.69. The van der Waals surface area contributed by atoms with Crippen LogP contribution in [0.2, 0.25) is 5.02 Å². The fraction of sp³-hybridized carbons (Fsp3) is 0.0270. The number of thiophene rings is 1. The lowest BCUT2D eigenvalue weighted by Gasteiger charge is -2.30. The number of hydrogen-bond donors (Lipinski definition) is 0. The number of aryl methyl sites for hydroxylation is 1. The Kier molecular flexibility index (Phi) is 5.82. The fourth-order valence-electron chi connectivity index (χ4n) is 5.44. The first-order valence-electron chi connectivity index (χ1n) is 14.9. The predicted molar refractivity (Wildman–Crippen MR) is 178 cm³/mol. The first kappa shape index (κ1) is 22.2. The molecule has 0 fully saturated rings. The Bertz CT molecular complexity index is 2040. The molecule has 1 aromatic heterocycles. The third kappa shape index (κ3) is 4.54. The summed E-state index contributed by atoms with van der Waals surface area (Å²) >= 11 is 9.06. The summed E-state index contributed by atoms with van der Waals surface area (Å²) in [5.41, 5.74) is 5.72. The van der Waals surface area contributed by atoms with E-state index >= 15 is 0 Å². The normalized spacial score (nSPS) is 12.6. The molecule has 6 aromatic carbocycles. The van der Waals surface area contributed by atoms with Crippen molar-refractivity contribution in [2.45, 2.75) is 6.85 Å². The van der Waals surface area contributed by atoms with Gasteiger partial charge in [0, 0.05) is 36.6 Å². The molecular formula is C37H27ClN2S. The van der Waals surface area contributed by atoms with E-state index in [1.807, 2.05) is 115 Å². The van der Waals surface area contributed by atoms with Gasteiger partial charge in [-0.15, -0.1) is 11.3 Å². The van der Waals surface area contributed by atoms with Gasteiger partial charge in [0.25, 0.3) is 0 Å². The van der Waals surface area contributed by atoms with Gasteiger partial charge in [-0.05, 0) is 77.8 Å². The zero-order valence-electron chi connectivity index (χ0n) is 25.0. The summed E-state index contributed by atoms with van der Waals surface area (Å²) in [5, 5.41) is 5.22. The molecule has 0 bridgehead atoms. The standard InChI is InChI=1S/C37H27ClN2S/c1-26-24-32-35(25-41-37(32)31-21-12-11-20-30(26)31)40(29-18-9-4-10-19-29)34-23-13-22-33(36(34)38)39(27-14-5-2-6-15-27)28-16-7-3-8-17-28/h2-25H,1H3/i1D3. The summed E-state index contributed by atoms with van der Waals surface area (Å²) < 4.78 is 26.1. The lowest BCUT2D eigenvalue weighted by atomic mass is 10.0. The summed E-state index contributed by atoms with van der Waals surface area (Å²) in [4.78, 5) is 4.29. The highest BCUT2D eigenvalue weighted by atomic mass is 35.5. The van der Waals surface area contributed by atoms with E-state index in [-0.39, 0.29) is 0 Å². The molecule has 4 heteroatoms. The van der Waals surface area contributed by atoms with E-state index in [2.05, 4.69) is 39.4 Å². The molecule has 0 aliphatic rings. The summed E-state index contributed by atoms with van der Waals surface area (Å²) in [6.45, 7) is -2.27. The molecule has 0 aliphatic carbocycles. The van der Waals surface area contributed by atoms with Crippen molar-refractivity contribution >= 4 is 77.9 Å². The van der Waals surface area contributed by atoms with Crippen LogP contribution in [0.3, 0.4) is 0 Å². The highest BCUT2D eigenvalue weighted by molar-refractivity contribution is 7.19. The van der Waals surface area contributed by atoms with Crippen LogP contribution < -0.4 is 9.80 Å². The van der Waals surface area contributed by atoms with Crippen LogP contribution in [-0.4, -0.2) is 0 Å². The summed E-state index contributed by atoms with van der Waals surface area (Å²) in [6, 6.07) is 46.1. The fourth-order valence-corrected chi connectivity index (χ4v) is 6.79. The van der Waals surface area contributed by atoms with Gasteiger partial charge in [0.1, 0.15) is 0 Å². The van der Waals surface area contributed by atoms with Crippen molar-refractivity contribution in [3.8, 4) is 0 Å². The molecule has 0 N–H and O–H groups in total. The third-order valence-electron chi connectivity index (χ3n) is 7.28. The van der Waals surface area contributed by atoms with Gasteiger partial charge in [0.2, 0.25) is 0 Å². The molecule has 0 saturated heterocycles. The van der Waals surface area contributed by atoms with Gasteiger partial charge in [-0.1, -0.05) is 96.5 Å². The van der Waals surface area contributed by atoms with Crippen LogP contribution in [0.5, 0.6) is 0 Å². The Morgan fingerprint density at radius 2 is 1.05 bits per heavy atom. The zero-order chi connectivity index (χ0) is 30.3. The predicted octanol–water partition coefficient (Wildman–Crippen LogP) is 12.0. The Balaban J connectivity index is 1.49. The lowest BCUT2D eigenvalue weighted by molar-refractivity contribution is 1.26. The number of rotatable bonds is 6. The monoisotopic (exact) mass is 569 g/mol. The lowest BCUT2D eigenvalue weighted by Crippen LogP contribution is -2.14. The van der Waals surface area contributed by atoms with Crippen LogP contribution in [0.25, 0.3) is 20.9 Å². The van der Waals surface area contributed by atoms with Crippen molar-refractivity contribution in [2.75, 3.05) is 9.80 Å². The van der Waals surface area contributed by atoms with Gasteiger partial charge >= 0.3 is 0 Å². The van der Waals surface area contributed by atoms with Crippen LogP contribution in [0, 0.1) is 6.85 Å². The second kappa shape index (κ2) is 10.8. The molecule has 41 heavy (non-hydrogen) atoms. The Hall–Kier alpha value is -4.57. The molecule has 198 valence electrons. The molecular weight excluding hydrogens is 540 g/mol. The van der Waals surface area contributed by atoms with Crippen molar-refractivity contribution in [2.24, 2.45) is 0 Å². The highest BCUT2D eigenvalue weighted by Crippen LogP contribution is 2.49. The molecule has 1 heterocycles.